The molecule has 1 heteroatoms. The zero-order valence-electron chi connectivity index (χ0n) is 11.5. The molecule has 2 rings (SSSR count). The molecule has 0 radical (unpaired) electrons. The first-order chi connectivity index (χ1) is 9.29. The van der Waals surface area contributed by atoms with Gasteiger partial charge in [0.15, 0.2) is 0 Å². The first-order valence-electron chi connectivity index (χ1n) is 7.06. The SMILES string of the molecule is CCCCC(Cl)c1ccc(Cc2ccccc2)cc1. The predicted octanol–water partition coefficient (Wildman–Crippen LogP) is 5.75. The van der Waals surface area contributed by atoms with Gasteiger partial charge in [0.05, 0.1) is 5.38 Å². The fraction of sp³-hybridized carbons (Fsp3) is 0.333. The first kappa shape index (κ1) is 14.1. The van der Waals surface area contributed by atoms with Crippen molar-refractivity contribution in [3.8, 4) is 0 Å². The van der Waals surface area contributed by atoms with Crippen LogP contribution in [0, 0.1) is 0 Å². The molecular formula is C18H21Cl. The minimum atomic E-state index is 0.158. The van der Waals surface area contributed by atoms with Crippen LogP contribution in [0.2, 0.25) is 0 Å². The average Bonchev–Trinajstić information content (AvgIpc) is 2.46. The van der Waals surface area contributed by atoms with Gasteiger partial charge in [0.2, 0.25) is 0 Å². The van der Waals surface area contributed by atoms with E-state index in [9.17, 15) is 0 Å². The smallest absolute Gasteiger partial charge is 0.0585 e. The normalized spacial score (nSPS) is 12.3. The van der Waals surface area contributed by atoms with Crippen molar-refractivity contribution in [1.82, 2.24) is 0 Å². The van der Waals surface area contributed by atoms with Crippen LogP contribution in [0.5, 0.6) is 0 Å². The molecule has 0 heterocycles. The second kappa shape index (κ2) is 7.35. The van der Waals surface area contributed by atoms with E-state index in [-0.39, 0.29) is 5.38 Å². The zero-order chi connectivity index (χ0) is 13.5. The molecule has 0 bridgehead atoms. The summed E-state index contributed by atoms with van der Waals surface area (Å²) >= 11 is 6.40. The molecule has 1 unspecified atom stereocenters. The lowest BCUT2D eigenvalue weighted by Gasteiger charge is -2.10. The Bertz CT molecular complexity index is 473. The van der Waals surface area contributed by atoms with Crippen LogP contribution in [0.15, 0.2) is 54.6 Å². The van der Waals surface area contributed by atoms with Gasteiger partial charge in [0.1, 0.15) is 0 Å². The number of benzene rings is 2. The molecule has 100 valence electrons. The third kappa shape index (κ3) is 4.40. The Morgan fingerprint density at radius 1 is 0.895 bits per heavy atom. The Morgan fingerprint density at radius 3 is 2.16 bits per heavy atom. The lowest BCUT2D eigenvalue weighted by atomic mass is 10.0. The van der Waals surface area contributed by atoms with Crippen molar-refractivity contribution < 1.29 is 0 Å². The second-order valence-corrected chi connectivity index (χ2v) is 5.54. The number of unbranched alkanes of at least 4 members (excludes halogenated alkanes) is 1. The summed E-state index contributed by atoms with van der Waals surface area (Å²) in [5, 5.41) is 0.158. The van der Waals surface area contributed by atoms with Gasteiger partial charge in [-0.2, -0.15) is 0 Å². The topological polar surface area (TPSA) is 0 Å². The molecule has 0 amide bonds. The van der Waals surface area contributed by atoms with Crippen molar-refractivity contribution in [3.05, 3.63) is 71.3 Å². The third-order valence-corrected chi connectivity index (χ3v) is 3.87. The van der Waals surface area contributed by atoms with E-state index in [1.54, 1.807) is 0 Å². The minimum absolute atomic E-state index is 0.158. The van der Waals surface area contributed by atoms with E-state index < -0.39 is 0 Å². The largest absolute Gasteiger partial charge is 0.118 e. The van der Waals surface area contributed by atoms with Crippen molar-refractivity contribution >= 4 is 11.6 Å². The van der Waals surface area contributed by atoms with Crippen LogP contribution in [-0.4, -0.2) is 0 Å². The molecule has 2 aromatic rings. The summed E-state index contributed by atoms with van der Waals surface area (Å²) in [7, 11) is 0. The highest BCUT2D eigenvalue weighted by Gasteiger charge is 2.06. The van der Waals surface area contributed by atoms with Crippen molar-refractivity contribution in [2.24, 2.45) is 0 Å². The van der Waals surface area contributed by atoms with E-state index in [1.807, 2.05) is 0 Å². The molecule has 0 aliphatic carbocycles. The molecule has 0 aromatic heterocycles. The molecule has 0 saturated heterocycles. The summed E-state index contributed by atoms with van der Waals surface area (Å²) in [5.41, 5.74) is 3.94. The quantitative estimate of drug-likeness (QED) is 0.588. The molecule has 0 aliphatic heterocycles. The van der Waals surface area contributed by atoms with Gasteiger partial charge in [-0.25, -0.2) is 0 Å². The van der Waals surface area contributed by atoms with E-state index in [0.29, 0.717) is 0 Å². The fourth-order valence-electron chi connectivity index (χ4n) is 2.23. The van der Waals surface area contributed by atoms with Crippen LogP contribution in [0.25, 0.3) is 0 Å². The van der Waals surface area contributed by atoms with Crippen molar-refractivity contribution in [2.75, 3.05) is 0 Å². The van der Waals surface area contributed by atoms with Gasteiger partial charge in [-0.05, 0) is 29.5 Å². The van der Waals surface area contributed by atoms with Gasteiger partial charge in [0, 0.05) is 0 Å². The molecule has 0 N–H and O–H groups in total. The summed E-state index contributed by atoms with van der Waals surface area (Å²) in [4.78, 5) is 0. The Labute approximate surface area is 121 Å². The number of hydrogen-bond acceptors (Lipinski definition) is 0. The maximum absolute atomic E-state index is 6.40. The van der Waals surface area contributed by atoms with Crippen molar-refractivity contribution in [1.29, 1.82) is 0 Å². The Balaban J connectivity index is 1.98. The lowest BCUT2D eigenvalue weighted by molar-refractivity contribution is 0.701. The maximum Gasteiger partial charge on any atom is 0.0585 e. The minimum Gasteiger partial charge on any atom is -0.118 e. The van der Waals surface area contributed by atoms with Gasteiger partial charge < -0.3 is 0 Å². The van der Waals surface area contributed by atoms with Crippen LogP contribution in [-0.2, 0) is 6.42 Å². The van der Waals surface area contributed by atoms with E-state index in [0.717, 1.165) is 12.8 Å². The lowest BCUT2D eigenvalue weighted by Crippen LogP contribution is -1.92. The predicted molar refractivity (Wildman–Crippen MR) is 83.8 cm³/mol. The summed E-state index contributed by atoms with van der Waals surface area (Å²) < 4.78 is 0. The second-order valence-electron chi connectivity index (χ2n) is 5.01. The van der Waals surface area contributed by atoms with Crippen LogP contribution < -0.4 is 0 Å². The van der Waals surface area contributed by atoms with Gasteiger partial charge in [-0.3, -0.25) is 0 Å². The summed E-state index contributed by atoms with van der Waals surface area (Å²) in [6.07, 6.45) is 4.45. The Kier molecular flexibility index (Phi) is 5.47. The number of halogens is 1. The van der Waals surface area contributed by atoms with Crippen LogP contribution in [0.4, 0.5) is 0 Å². The molecule has 0 aliphatic rings. The third-order valence-electron chi connectivity index (χ3n) is 3.40. The summed E-state index contributed by atoms with van der Waals surface area (Å²) in [6.45, 7) is 2.20. The molecule has 2 aromatic carbocycles. The van der Waals surface area contributed by atoms with E-state index in [4.69, 9.17) is 11.6 Å². The maximum atomic E-state index is 6.40. The summed E-state index contributed by atoms with van der Waals surface area (Å²) in [6, 6.07) is 19.3. The Morgan fingerprint density at radius 2 is 1.53 bits per heavy atom. The van der Waals surface area contributed by atoms with Crippen LogP contribution in [0.3, 0.4) is 0 Å². The van der Waals surface area contributed by atoms with E-state index >= 15 is 0 Å². The fourth-order valence-corrected chi connectivity index (χ4v) is 2.53. The molecule has 19 heavy (non-hydrogen) atoms. The highest BCUT2D eigenvalue weighted by Crippen LogP contribution is 2.26. The van der Waals surface area contributed by atoms with Gasteiger partial charge in [0.25, 0.3) is 0 Å². The van der Waals surface area contributed by atoms with Gasteiger partial charge in [-0.15, -0.1) is 11.6 Å². The van der Waals surface area contributed by atoms with Gasteiger partial charge in [-0.1, -0.05) is 74.4 Å². The Hall–Kier alpha value is -1.27. The van der Waals surface area contributed by atoms with Crippen molar-refractivity contribution in [2.45, 2.75) is 38.0 Å². The monoisotopic (exact) mass is 272 g/mol. The van der Waals surface area contributed by atoms with Crippen LogP contribution >= 0.6 is 11.6 Å². The number of rotatable bonds is 6. The van der Waals surface area contributed by atoms with E-state index in [2.05, 4.69) is 61.5 Å². The van der Waals surface area contributed by atoms with Crippen LogP contribution in [0.1, 0.15) is 48.3 Å². The molecule has 0 saturated carbocycles. The number of alkyl halides is 1. The summed E-state index contributed by atoms with van der Waals surface area (Å²) in [5.74, 6) is 0. The van der Waals surface area contributed by atoms with Crippen molar-refractivity contribution in [3.63, 3.8) is 0 Å². The van der Waals surface area contributed by atoms with E-state index in [1.165, 1.54) is 29.5 Å². The molecule has 0 fully saturated rings. The molecule has 1 atom stereocenters. The molecule has 0 spiro atoms. The zero-order valence-corrected chi connectivity index (χ0v) is 12.2. The highest BCUT2D eigenvalue weighted by atomic mass is 35.5. The molecular weight excluding hydrogens is 252 g/mol. The van der Waals surface area contributed by atoms with Gasteiger partial charge >= 0.3 is 0 Å². The standard InChI is InChI=1S/C18H21Cl/c1-2-3-9-18(19)17-12-10-16(11-13-17)14-15-7-5-4-6-8-15/h4-8,10-13,18H,2-3,9,14H2,1H3. The first-order valence-corrected chi connectivity index (χ1v) is 7.50. The average molecular weight is 273 g/mol. The number of hydrogen-bond donors (Lipinski definition) is 0. The molecule has 0 nitrogen and oxygen atoms in total. The highest BCUT2D eigenvalue weighted by molar-refractivity contribution is 6.20.